The second-order valence-corrected chi connectivity index (χ2v) is 5.38. The first-order valence-electron chi connectivity index (χ1n) is 6.26. The molecule has 21 heavy (non-hydrogen) atoms. The first-order valence-corrected chi connectivity index (χ1v) is 6.26. The van der Waals surface area contributed by atoms with E-state index >= 15 is 0 Å². The number of amides is 1. The van der Waals surface area contributed by atoms with Gasteiger partial charge in [0, 0.05) is 5.69 Å². The van der Waals surface area contributed by atoms with Crippen molar-refractivity contribution in [1.29, 1.82) is 0 Å². The number of nitrogens with two attached hydrogens (primary N) is 1. The van der Waals surface area contributed by atoms with Gasteiger partial charge < -0.3 is 14.9 Å². The van der Waals surface area contributed by atoms with Gasteiger partial charge >= 0.3 is 6.09 Å². The normalized spacial score (nSPS) is 11.2. The predicted molar refractivity (Wildman–Crippen MR) is 76.2 cm³/mol. The van der Waals surface area contributed by atoms with Crippen LogP contribution in [0.5, 0.6) is 0 Å². The molecule has 7 heteroatoms. The Morgan fingerprint density at radius 1 is 1.43 bits per heavy atom. The predicted octanol–water partition coefficient (Wildman–Crippen LogP) is 3.41. The molecule has 0 saturated carbocycles. The molecule has 1 heterocycles. The van der Waals surface area contributed by atoms with Crippen molar-refractivity contribution in [2.45, 2.75) is 26.4 Å². The van der Waals surface area contributed by atoms with E-state index in [-0.39, 0.29) is 17.3 Å². The highest BCUT2D eigenvalue weighted by Crippen LogP contribution is 2.27. The number of aromatic nitrogens is 1. The average molecular weight is 293 g/mol. The van der Waals surface area contributed by atoms with Crippen LogP contribution in [0.1, 0.15) is 20.8 Å². The Bertz CT molecular complexity index is 662. The van der Waals surface area contributed by atoms with Crippen molar-refractivity contribution in [3.63, 3.8) is 0 Å². The van der Waals surface area contributed by atoms with Crippen molar-refractivity contribution < 1.29 is 18.3 Å². The van der Waals surface area contributed by atoms with Gasteiger partial charge in [-0.2, -0.15) is 0 Å². The monoisotopic (exact) mass is 293 g/mol. The highest BCUT2D eigenvalue weighted by Gasteiger charge is 2.17. The lowest BCUT2D eigenvalue weighted by atomic mass is 10.1. The zero-order valence-electron chi connectivity index (χ0n) is 11.9. The van der Waals surface area contributed by atoms with E-state index in [4.69, 9.17) is 14.9 Å². The molecule has 6 nitrogen and oxygen atoms in total. The van der Waals surface area contributed by atoms with Crippen LogP contribution in [0.2, 0.25) is 0 Å². The van der Waals surface area contributed by atoms with Crippen LogP contribution in [0.15, 0.2) is 28.8 Å². The summed E-state index contributed by atoms with van der Waals surface area (Å²) >= 11 is 0. The summed E-state index contributed by atoms with van der Waals surface area (Å²) in [7, 11) is 0. The van der Waals surface area contributed by atoms with E-state index in [9.17, 15) is 9.18 Å². The molecule has 1 amide bonds. The van der Waals surface area contributed by atoms with Gasteiger partial charge in [-0.15, -0.1) is 0 Å². The van der Waals surface area contributed by atoms with Gasteiger partial charge in [0.25, 0.3) is 6.01 Å². The zero-order valence-corrected chi connectivity index (χ0v) is 11.9. The van der Waals surface area contributed by atoms with Crippen molar-refractivity contribution in [2.75, 3.05) is 11.1 Å². The molecule has 0 aliphatic rings. The number of carbonyl (C=O) groups is 1. The van der Waals surface area contributed by atoms with Crippen LogP contribution in [0, 0.1) is 5.82 Å². The number of hydrogen-bond donors (Lipinski definition) is 2. The zero-order chi connectivity index (χ0) is 15.6. The molecule has 1 aromatic heterocycles. The summed E-state index contributed by atoms with van der Waals surface area (Å²) in [6.45, 7) is 5.25. The van der Waals surface area contributed by atoms with Crippen LogP contribution >= 0.6 is 0 Å². The summed E-state index contributed by atoms with van der Waals surface area (Å²) in [4.78, 5) is 15.4. The molecule has 0 atom stereocenters. The number of anilines is 2. The molecule has 112 valence electrons. The fraction of sp³-hybridized carbons (Fsp3) is 0.286. The molecule has 0 saturated heterocycles. The Morgan fingerprint density at radius 2 is 2.14 bits per heavy atom. The summed E-state index contributed by atoms with van der Waals surface area (Å²) in [6.07, 6.45) is 0.683. The van der Waals surface area contributed by atoms with Crippen LogP contribution in [0.25, 0.3) is 11.3 Å². The fourth-order valence-electron chi connectivity index (χ4n) is 1.63. The molecule has 0 aliphatic carbocycles. The van der Waals surface area contributed by atoms with E-state index in [1.54, 1.807) is 20.8 Å². The van der Waals surface area contributed by atoms with Gasteiger partial charge in [-0.1, -0.05) is 0 Å². The van der Waals surface area contributed by atoms with Crippen molar-refractivity contribution in [3.05, 3.63) is 30.2 Å². The molecule has 2 aromatic rings. The van der Waals surface area contributed by atoms with Crippen LogP contribution in [-0.2, 0) is 4.74 Å². The second-order valence-electron chi connectivity index (χ2n) is 5.38. The number of ether oxygens (including phenoxy) is 1. The van der Waals surface area contributed by atoms with E-state index in [0.29, 0.717) is 5.69 Å². The largest absolute Gasteiger partial charge is 0.444 e. The molecule has 1 aromatic carbocycles. The Hall–Kier alpha value is -2.57. The molecular weight excluding hydrogens is 277 g/mol. The van der Waals surface area contributed by atoms with Crippen LogP contribution in [0.4, 0.5) is 20.9 Å². The summed E-state index contributed by atoms with van der Waals surface area (Å²) in [5.41, 5.74) is 5.26. The van der Waals surface area contributed by atoms with E-state index in [2.05, 4.69) is 10.3 Å². The maximum Gasteiger partial charge on any atom is 0.412 e. The molecule has 0 aliphatic heterocycles. The summed E-state index contributed by atoms with van der Waals surface area (Å²) in [5.74, 6) is -0.335. The Labute approximate surface area is 121 Å². The third-order valence-corrected chi connectivity index (χ3v) is 2.40. The van der Waals surface area contributed by atoms with Gasteiger partial charge in [0.1, 0.15) is 11.4 Å². The van der Waals surface area contributed by atoms with E-state index in [1.165, 1.54) is 24.4 Å². The molecule has 0 spiro atoms. The number of nitrogens with one attached hydrogen (secondary N) is 1. The first kappa shape index (κ1) is 14.8. The SMILES string of the molecule is CC(C)(C)OC(=O)Nc1ccc(F)c(-c2cnc(N)o2)c1. The van der Waals surface area contributed by atoms with E-state index < -0.39 is 17.5 Å². The lowest BCUT2D eigenvalue weighted by Gasteiger charge is -2.19. The highest BCUT2D eigenvalue weighted by atomic mass is 19.1. The van der Waals surface area contributed by atoms with E-state index in [1.807, 2.05) is 0 Å². The minimum absolute atomic E-state index is 0.0603. The molecule has 2 rings (SSSR count). The van der Waals surface area contributed by atoms with Crippen molar-refractivity contribution >= 4 is 17.8 Å². The lowest BCUT2D eigenvalue weighted by Crippen LogP contribution is -2.27. The highest BCUT2D eigenvalue weighted by molar-refractivity contribution is 5.86. The van der Waals surface area contributed by atoms with Gasteiger partial charge in [0.15, 0.2) is 5.76 Å². The van der Waals surface area contributed by atoms with Gasteiger partial charge in [-0.25, -0.2) is 14.2 Å². The van der Waals surface area contributed by atoms with Gasteiger partial charge in [0.2, 0.25) is 0 Å². The third kappa shape index (κ3) is 3.95. The minimum Gasteiger partial charge on any atom is -0.444 e. The van der Waals surface area contributed by atoms with Crippen molar-refractivity contribution in [1.82, 2.24) is 4.98 Å². The molecule has 0 radical (unpaired) electrons. The van der Waals surface area contributed by atoms with E-state index in [0.717, 1.165) is 0 Å². The number of benzene rings is 1. The summed E-state index contributed by atoms with van der Waals surface area (Å²) in [5, 5.41) is 2.52. The standard InChI is InChI=1S/C14H16FN3O3/c1-14(2,3)21-13(19)18-8-4-5-10(15)9(6-8)11-7-17-12(16)20-11/h4-7H,1-3H3,(H2,16,17)(H,18,19). The number of halogens is 1. The van der Waals surface area contributed by atoms with Crippen LogP contribution in [-0.4, -0.2) is 16.7 Å². The third-order valence-electron chi connectivity index (χ3n) is 2.40. The van der Waals surface area contributed by atoms with Gasteiger partial charge in [-0.3, -0.25) is 5.32 Å². The maximum atomic E-state index is 13.8. The number of hydrogen-bond acceptors (Lipinski definition) is 5. The van der Waals surface area contributed by atoms with Gasteiger partial charge in [-0.05, 0) is 39.0 Å². The Kier molecular flexibility index (Phi) is 3.84. The number of carbonyl (C=O) groups excluding carboxylic acids is 1. The lowest BCUT2D eigenvalue weighted by molar-refractivity contribution is 0.0636. The van der Waals surface area contributed by atoms with Crippen LogP contribution in [0.3, 0.4) is 0 Å². The van der Waals surface area contributed by atoms with Crippen molar-refractivity contribution in [3.8, 4) is 11.3 Å². The Morgan fingerprint density at radius 3 is 2.71 bits per heavy atom. The number of nitrogen functional groups attached to an aromatic ring is 1. The Balaban J connectivity index is 2.21. The quantitative estimate of drug-likeness (QED) is 0.885. The van der Waals surface area contributed by atoms with Crippen LogP contribution < -0.4 is 11.1 Å². The molecule has 0 bridgehead atoms. The second kappa shape index (κ2) is 5.43. The van der Waals surface area contributed by atoms with Gasteiger partial charge in [0.05, 0.1) is 11.8 Å². The summed E-state index contributed by atoms with van der Waals surface area (Å²) < 4.78 is 24.0. The minimum atomic E-state index is -0.628. The fourth-order valence-corrected chi connectivity index (χ4v) is 1.63. The number of rotatable bonds is 2. The summed E-state index contributed by atoms with van der Waals surface area (Å²) in [6, 6.07) is 3.98. The number of nitrogens with zero attached hydrogens (tertiary/aromatic N) is 1. The molecule has 0 fully saturated rings. The molecule has 0 unspecified atom stereocenters. The number of oxazole rings is 1. The molecular formula is C14H16FN3O3. The topological polar surface area (TPSA) is 90.4 Å². The van der Waals surface area contributed by atoms with Crippen molar-refractivity contribution in [2.24, 2.45) is 0 Å². The smallest absolute Gasteiger partial charge is 0.412 e. The average Bonchev–Trinajstić information content (AvgIpc) is 2.76. The maximum absolute atomic E-state index is 13.8. The first-order chi connectivity index (χ1) is 9.74. The molecule has 3 N–H and O–H groups in total.